The lowest BCUT2D eigenvalue weighted by Gasteiger charge is -2.37. The largest absolute Gasteiger partial charge is 0.487 e. The van der Waals surface area contributed by atoms with Crippen LogP contribution in [0.1, 0.15) is 19.4 Å². The molecule has 0 saturated carbocycles. The highest BCUT2D eigenvalue weighted by Gasteiger charge is 2.39. The van der Waals surface area contributed by atoms with Gasteiger partial charge in [0.25, 0.3) is 0 Å². The standard InChI is InChI=1S/C28H33FN2O6S2/c1-19-8-11-25(12-9-19)38(33,34)30(4)17-27-20(2)16-31(21(3)18-32)39(35,36)28-13-10-23(15-26(28)37-27)22-6-5-7-24(29)14-22/h5-15,20-21,27,32H,16-18H2,1-4H3/t20-,21+,27+/m1/s1. The minimum atomic E-state index is -4.08. The average molecular weight is 577 g/mol. The van der Waals surface area contributed by atoms with Crippen molar-refractivity contribution in [3.63, 3.8) is 0 Å². The van der Waals surface area contributed by atoms with Crippen LogP contribution in [0.2, 0.25) is 0 Å². The predicted molar refractivity (Wildman–Crippen MR) is 147 cm³/mol. The van der Waals surface area contributed by atoms with Gasteiger partial charge in [-0.3, -0.25) is 0 Å². The van der Waals surface area contributed by atoms with Crippen molar-refractivity contribution >= 4 is 20.0 Å². The normalized spacial score (nSPS) is 20.5. The zero-order valence-electron chi connectivity index (χ0n) is 22.3. The molecule has 0 saturated heterocycles. The highest BCUT2D eigenvalue weighted by atomic mass is 32.2. The lowest BCUT2D eigenvalue weighted by atomic mass is 10.0. The monoisotopic (exact) mass is 576 g/mol. The van der Waals surface area contributed by atoms with Gasteiger partial charge in [-0.25, -0.2) is 21.2 Å². The number of aliphatic hydroxyl groups excluding tert-OH is 1. The summed E-state index contributed by atoms with van der Waals surface area (Å²) in [7, 11) is -6.47. The molecule has 0 amide bonds. The van der Waals surface area contributed by atoms with Crippen LogP contribution in [0.25, 0.3) is 11.1 Å². The molecule has 3 aromatic rings. The van der Waals surface area contributed by atoms with E-state index in [4.69, 9.17) is 4.74 Å². The SMILES string of the molecule is Cc1ccc(S(=O)(=O)N(C)C[C@@H]2Oc3cc(-c4cccc(F)c4)ccc3S(=O)(=O)N([C@@H](C)CO)C[C@H]2C)cc1. The fourth-order valence-electron chi connectivity index (χ4n) is 4.53. The van der Waals surface area contributed by atoms with Crippen molar-refractivity contribution < 1.29 is 31.1 Å². The van der Waals surface area contributed by atoms with E-state index in [1.54, 1.807) is 56.3 Å². The van der Waals surface area contributed by atoms with Crippen molar-refractivity contribution in [3.05, 3.63) is 78.1 Å². The molecule has 0 aliphatic carbocycles. The summed E-state index contributed by atoms with van der Waals surface area (Å²) >= 11 is 0. The molecule has 3 aromatic carbocycles. The molecule has 0 unspecified atom stereocenters. The van der Waals surface area contributed by atoms with Crippen LogP contribution in [0.4, 0.5) is 4.39 Å². The first-order valence-corrected chi connectivity index (χ1v) is 15.4. The van der Waals surface area contributed by atoms with E-state index < -0.39 is 50.5 Å². The van der Waals surface area contributed by atoms with E-state index in [0.717, 1.165) is 5.56 Å². The van der Waals surface area contributed by atoms with Crippen LogP contribution in [0.3, 0.4) is 0 Å². The summed E-state index contributed by atoms with van der Waals surface area (Å²) in [5.41, 5.74) is 2.00. The molecule has 1 aliphatic heterocycles. The van der Waals surface area contributed by atoms with Gasteiger partial charge >= 0.3 is 0 Å². The number of ether oxygens (including phenoxy) is 1. The Hall–Kier alpha value is -2.83. The second-order valence-corrected chi connectivity index (χ2v) is 13.9. The van der Waals surface area contributed by atoms with Crippen LogP contribution < -0.4 is 4.74 Å². The maximum atomic E-state index is 13.9. The Morgan fingerprint density at radius 2 is 1.77 bits per heavy atom. The second kappa shape index (κ2) is 11.3. The first kappa shape index (κ1) is 29.2. The number of likely N-dealkylation sites (N-methyl/N-ethyl adjacent to an activating group) is 1. The summed E-state index contributed by atoms with van der Waals surface area (Å²) in [5.74, 6) is -0.856. The van der Waals surface area contributed by atoms with Gasteiger partial charge in [-0.1, -0.05) is 42.8 Å². The van der Waals surface area contributed by atoms with E-state index in [1.807, 2.05) is 6.92 Å². The van der Waals surface area contributed by atoms with E-state index in [2.05, 4.69) is 0 Å². The summed E-state index contributed by atoms with van der Waals surface area (Å²) in [4.78, 5) is 0.0323. The molecule has 39 heavy (non-hydrogen) atoms. The Balaban J connectivity index is 1.77. The number of rotatable bonds is 7. The number of hydrogen-bond donors (Lipinski definition) is 1. The quantitative estimate of drug-likeness (QED) is 0.458. The number of sulfonamides is 2. The van der Waals surface area contributed by atoms with Crippen LogP contribution in [0.5, 0.6) is 5.75 Å². The maximum absolute atomic E-state index is 13.9. The molecule has 0 fully saturated rings. The molecule has 3 atom stereocenters. The Morgan fingerprint density at radius 1 is 1.10 bits per heavy atom. The number of benzene rings is 3. The third kappa shape index (κ3) is 6.02. The van der Waals surface area contributed by atoms with Gasteiger partial charge in [0.15, 0.2) is 0 Å². The minimum absolute atomic E-state index is 0.0121. The summed E-state index contributed by atoms with van der Waals surface area (Å²) < 4.78 is 76.7. The van der Waals surface area contributed by atoms with Crippen molar-refractivity contribution in [2.24, 2.45) is 5.92 Å². The molecular weight excluding hydrogens is 543 g/mol. The van der Waals surface area contributed by atoms with Crippen LogP contribution >= 0.6 is 0 Å². The molecule has 4 rings (SSSR count). The fourth-order valence-corrected chi connectivity index (χ4v) is 7.54. The van der Waals surface area contributed by atoms with Crippen molar-refractivity contribution in [1.29, 1.82) is 0 Å². The fraction of sp³-hybridized carbons (Fsp3) is 0.357. The van der Waals surface area contributed by atoms with Crippen molar-refractivity contribution in [2.75, 3.05) is 26.7 Å². The van der Waals surface area contributed by atoms with Gasteiger partial charge in [0.05, 0.1) is 18.0 Å². The molecule has 1 heterocycles. The second-order valence-electron chi connectivity index (χ2n) is 10.0. The highest BCUT2D eigenvalue weighted by molar-refractivity contribution is 7.89. The summed E-state index contributed by atoms with van der Waals surface area (Å²) in [6, 6.07) is 16.2. The molecule has 1 N–H and O–H groups in total. The van der Waals surface area contributed by atoms with Gasteiger partial charge in [-0.15, -0.1) is 0 Å². The van der Waals surface area contributed by atoms with Crippen molar-refractivity contribution in [1.82, 2.24) is 8.61 Å². The number of aryl methyl sites for hydroxylation is 1. The van der Waals surface area contributed by atoms with E-state index in [1.165, 1.54) is 39.9 Å². The lowest BCUT2D eigenvalue weighted by Crippen LogP contribution is -2.50. The Labute approximate surface area is 229 Å². The molecule has 8 nitrogen and oxygen atoms in total. The molecule has 210 valence electrons. The number of nitrogens with zero attached hydrogens (tertiary/aromatic N) is 2. The third-order valence-electron chi connectivity index (χ3n) is 6.99. The number of hydrogen-bond acceptors (Lipinski definition) is 6. The Kier molecular flexibility index (Phi) is 8.48. The van der Waals surface area contributed by atoms with E-state index in [-0.39, 0.29) is 28.6 Å². The molecule has 1 aliphatic rings. The van der Waals surface area contributed by atoms with Gasteiger partial charge < -0.3 is 9.84 Å². The van der Waals surface area contributed by atoms with E-state index in [0.29, 0.717) is 11.1 Å². The van der Waals surface area contributed by atoms with E-state index >= 15 is 0 Å². The first-order valence-electron chi connectivity index (χ1n) is 12.6. The highest BCUT2D eigenvalue weighted by Crippen LogP contribution is 2.37. The van der Waals surface area contributed by atoms with Crippen molar-refractivity contribution in [3.8, 4) is 16.9 Å². The molecule has 0 spiro atoms. The van der Waals surface area contributed by atoms with Crippen LogP contribution in [0, 0.1) is 18.7 Å². The van der Waals surface area contributed by atoms with Crippen LogP contribution in [0.15, 0.2) is 76.5 Å². The van der Waals surface area contributed by atoms with Gasteiger partial charge in [-0.2, -0.15) is 8.61 Å². The molecule has 0 radical (unpaired) electrons. The van der Waals surface area contributed by atoms with E-state index in [9.17, 15) is 26.3 Å². The topological polar surface area (TPSA) is 104 Å². The van der Waals surface area contributed by atoms with Gasteiger partial charge in [0.1, 0.15) is 22.6 Å². The summed E-state index contributed by atoms with van der Waals surface area (Å²) in [5, 5.41) is 9.84. The predicted octanol–water partition coefficient (Wildman–Crippen LogP) is 3.89. The number of fused-ring (bicyclic) bond motifs is 1. The molecular formula is C28H33FN2O6S2. The minimum Gasteiger partial charge on any atom is -0.487 e. The molecule has 11 heteroatoms. The van der Waals surface area contributed by atoms with Crippen molar-refractivity contribution in [2.45, 2.75) is 42.7 Å². The first-order chi connectivity index (χ1) is 18.3. The zero-order chi connectivity index (χ0) is 28.5. The summed E-state index contributed by atoms with van der Waals surface area (Å²) in [6.45, 7) is 4.82. The Bertz CT molecular complexity index is 1540. The molecule has 0 bridgehead atoms. The Morgan fingerprint density at radius 3 is 2.41 bits per heavy atom. The summed E-state index contributed by atoms with van der Waals surface area (Å²) in [6.07, 6.45) is -0.736. The number of halogens is 1. The van der Waals surface area contributed by atoms with Gasteiger partial charge in [-0.05, 0) is 61.4 Å². The van der Waals surface area contributed by atoms with Crippen LogP contribution in [-0.4, -0.2) is 69.4 Å². The van der Waals surface area contributed by atoms with Crippen LogP contribution in [-0.2, 0) is 20.0 Å². The zero-order valence-corrected chi connectivity index (χ0v) is 23.9. The lowest BCUT2D eigenvalue weighted by molar-refractivity contribution is 0.0905. The molecule has 0 aromatic heterocycles. The number of aliphatic hydroxyl groups is 1. The maximum Gasteiger partial charge on any atom is 0.247 e. The van der Waals surface area contributed by atoms with Gasteiger partial charge in [0, 0.05) is 25.6 Å². The van der Waals surface area contributed by atoms with Gasteiger partial charge in [0.2, 0.25) is 20.0 Å². The third-order valence-corrected chi connectivity index (χ3v) is 10.8. The smallest absolute Gasteiger partial charge is 0.247 e. The average Bonchev–Trinajstić information content (AvgIpc) is 2.90.